The van der Waals surface area contributed by atoms with Crippen molar-refractivity contribution in [1.29, 1.82) is 0 Å². The first-order valence-electron chi connectivity index (χ1n) is 6.15. The molecule has 2 heterocycles. The Morgan fingerprint density at radius 1 is 1.50 bits per heavy atom. The topological polar surface area (TPSA) is 41.3 Å². The summed E-state index contributed by atoms with van der Waals surface area (Å²) in [5.41, 5.74) is 0.290. The van der Waals surface area contributed by atoms with Crippen molar-refractivity contribution in [2.24, 2.45) is 0 Å². The van der Waals surface area contributed by atoms with Gasteiger partial charge in [0.05, 0.1) is 12.7 Å². The van der Waals surface area contributed by atoms with Crippen molar-refractivity contribution < 1.29 is 4.52 Å². The molecule has 4 heteroatoms. The van der Waals surface area contributed by atoms with Gasteiger partial charge in [-0.15, -0.1) is 0 Å². The second-order valence-corrected chi connectivity index (χ2v) is 4.60. The molecule has 0 radical (unpaired) electrons. The van der Waals surface area contributed by atoms with E-state index < -0.39 is 0 Å². The van der Waals surface area contributed by atoms with Crippen LogP contribution in [0.15, 0.2) is 16.8 Å². The maximum Gasteiger partial charge on any atom is 0.150 e. The molecule has 2 rings (SSSR count). The Bertz CT molecular complexity index is 306. The number of piperazine rings is 1. The van der Waals surface area contributed by atoms with Gasteiger partial charge in [0.2, 0.25) is 0 Å². The third kappa shape index (κ3) is 2.44. The van der Waals surface area contributed by atoms with Gasteiger partial charge < -0.3 is 9.84 Å². The monoisotopic (exact) mass is 223 g/mol. The van der Waals surface area contributed by atoms with Gasteiger partial charge in [0, 0.05) is 31.2 Å². The van der Waals surface area contributed by atoms with E-state index in [0.717, 1.165) is 31.9 Å². The molecular formula is C12H21N3O. The lowest BCUT2D eigenvalue weighted by Crippen LogP contribution is -2.59. The molecule has 1 N–H and O–H groups in total. The fourth-order valence-corrected chi connectivity index (χ4v) is 2.44. The van der Waals surface area contributed by atoms with E-state index >= 15 is 0 Å². The molecule has 4 nitrogen and oxygen atoms in total. The Labute approximate surface area is 97.0 Å². The minimum Gasteiger partial charge on any atom is -0.360 e. The van der Waals surface area contributed by atoms with Crippen molar-refractivity contribution >= 4 is 0 Å². The molecule has 0 spiro atoms. The summed E-state index contributed by atoms with van der Waals surface area (Å²) in [6.07, 6.45) is 4.07. The van der Waals surface area contributed by atoms with E-state index in [1.807, 2.05) is 6.07 Å². The lowest BCUT2D eigenvalue weighted by atomic mass is 9.90. The lowest BCUT2D eigenvalue weighted by molar-refractivity contribution is 0.109. The van der Waals surface area contributed by atoms with Crippen molar-refractivity contribution in [2.45, 2.75) is 38.8 Å². The Morgan fingerprint density at radius 3 is 2.94 bits per heavy atom. The number of hydrogen-bond acceptors (Lipinski definition) is 4. The first kappa shape index (κ1) is 11.6. The highest BCUT2D eigenvalue weighted by atomic mass is 16.5. The summed E-state index contributed by atoms with van der Waals surface area (Å²) in [5.74, 6) is 0.961. The minimum atomic E-state index is 0.290. The predicted molar refractivity (Wildman–Crippen MR) is 63.1 cm³/mol. The van der Waals surface area contributed by atoms with Gasteiger partial charge in [0.1, 0.15) is 0 Å². The first-order chi connectivity index (χ1) is 7.78. The maximum absolute atomic E-state index is 5.16. The summed E-state index contributed by atoms with van der Waals surface area (Å²) >= 11 is 0. The van der Waals surface area contributed by atoms with Crippen molar-refractivity contribution in [2.75, 3.05) is 19.6 Å². The average Bonchev–Trinajstić information content (AvgIpc) is 2.82. The molecule has 0 saturated carbocycles. The van der Waals surface area contributed by atoms with E-state index in [4.69, 9.17) is 4.52 Å². The van der Waals surface area contributed by atoms with Crippen LogP contribution in [0.2, 0.25) is 0 Å². The smallest absolute Gasteiger partial charge is 0.150 e. The third-order valence-corrected chi connectivity index (χ3v) is 3.68. The molecule has 1 aliphatic rings. The molecular weight excluding hydrogens is 202 g/mol. The molecule has 1 aliphatic heterocycles. The summed E-state index contributed by atoms with van der Waals surface area (Å²) in [7, 11) is 0. The highest BCUT2D eigenvalue weighted by Gasteiger charge is 2.31. The van der Waals surface area contributed by atoms with E-state index in [1.54, 1.807) is 6.20 Å². The van der Waals surface area contributed by atoms with Crippen molar-refractivity contribution in [3.8, 4) is 0 Å². The van der Waals surface area contributed by atoms with Gasteiger partial charge in [-0.05, 0) is 12.8 Å². The zero-order valence-corrected chi connectivity index (χ0v) is 10.2. The van der Waals surface area contributed by atoms with Crippen LogP contribution >= 0.6 is 0 Å². The SMILES string of the molecule is CCC1(CC)CN(Cc2ccno2)CCN1. The Kier molecular flexibility index (Phi) is 3.61. The zero-order chi connectivity index (χ0) is 11.4. The van der Waals surface area contributed by atoms with Gasteiger partial charge in [0.15, 0.2) is 5.76 Å². The van der Waals surface area contributed by atoms with Crippen molar-refractivity contribution in [3.05, 3.63) is 18.0 Å². The molecule has 0 aliphatic carbocycles. The van der Waals surface area contributed by atoms with E-state index in [2.05, 4.69) is 29.2 Å². The zero-order valence-electron chi connectivity index (χ0n) is 10.2. The standard InChI is InChI=1S/C12H21N3O/c1-3-12(4-2)10-15(8-7-13-12)9-11-5-6-14-16-11/h5-6,13H,3-4,7-10H2,1-2H3. The van der Waals surface area contributed by atoms with Crippen LogP contribution in [0.1, 0.15) is 32.4 Å². The fraction of sp³-hybridized carbons (Fsp3) is 0.750. The second-order valence-electron chi connectivity index (χ2n) is 4.60. The van der Waals surface area contributed by atoms with Gasteiger partial charge in [-0.2, -0.15) is 0 Å². The highest BCUT2D eigenvalue weighted by Crippen LogP contribution is 2.21. The largest absolute Gasteiger partial charge is 0.360 e. The van der Waals surface area contributed by atoms with Gasteiger partial charge in [-0.3, -0.25) is 4.90 Å². The van der Waals surface area contributed by atoms with Crippen molar-refractivity contribution in [1.82, 2.24) is 15.4 Å². The molecule has 1 saturated heterocycles. The summed E-state index contributed by atoms with van der Waals surface area (Å²) in [5, 5.41) is 7.40. The van der Waals surface area contributed by atoms with E-state index in [-0.39, 0.29) is 5.54 Å². The van der Waals surface area contributed by atoms with Gasteiger partial charge >= 0.3 is 0 Å². The van der Waals surface area contributed by atoms with Gasteiger partial charge in [0.25, 0.3) is 0 Å². The van der Waals surface area contributed by atoms with Crippen LogP contribution in [0.25, 0.3) is 0 Å². The number of hydrogen-bond donors (Lipinski definition) is 1. The van der Waals surface area contributed by atoms with Crippen LogP contribution in [0.4, 0.5) is 0 Å². The Morgan fingerprint density at radius 2 is 2.31 bits per heavy atom. The quantitative estimate of drug-likeness (QED) is 0.842. The molecule has 16 heavy (non-hydrogen) atoms. The molecule has 0 bridgehead atoms. The third-order valence-electron chi connectivity index (χ3n) is 3.68. The highest BCUT2D eigenvalue weighted by molar-refractivity contribution is 4.97. The van der Waals surface area contributed by atoms with Gasteiger partial charge in [-0.25, -0.2) is 0 Å². The molecule has 1 aromatic heterocycles. The Hall–Kier alpha value is -0.870. The normalized spacial score (nSPS) is 21.1. The number of rotatable bonds is 4. The number of nitrogens with zero attached hydrogens (tertiary/aromatic N) is 2. The Balaban J connectivity index is 1.96. The molecule has 0 unspecified atom stereocenters. The van der Waals surface area contributed by atoms with Crippen LogP contribution in [0, 0.1) is 0 Å². The van der Waals surface area contributed by atoms with Crippen LogP contribution < -0.4 is 5.32 Å². The summed E-state index contributed by atoms with van der Waals surface area (Å²) in [6.45, 7) is 8.64. The first-order valence-corrected chi connectivity index (χ1v) is 6.15. The second kappa shape index (κ2) is 4.97. The summed E-state index contributed by atoms with van der Waals surface area (Å²) in [6, 6.07) is 1.95. The van der Waals surface area contributed by atoms with Gasteiger partial charge in [-0.1, -0.05) is 19.0 Å². The average molecular weight is 223 g/mol. The van der Waals surface area contributed by atoms with E-state index in [0.29, 0.717) is 0 Å². The maximum atomic E-state index is 5.16. The lowest BCUT2D eigenvalue weighted by Gasteiger charge is -2.42. The molecule has 0 atom stereocenters. The number of aromatic nitrogens is 1. The summed E-state index contributed by atoms with van der Waals surface area (Å²) in [4.78, 5) is 2.45. The predicted octanol–water partition coefficient (Wildman–Crippen LogP) is 1.64. The van der Waals surface area contributed by atoms with Crippen LogP contribution in [0.5, 0.6) is 0 Å². The van der Waals surface area contributed by atoms with Crippen LogP contribution in [0.3, 0.4) is 0 Å². The van der Waals surface area contributed by atoms with Crippen molar-refractivity contribution in [3.63, 3.8) is 0 Å². The van der Waals surface area contributed by atoms with E-state index in [9.17, 15) is 0 Å². The van der Waals surface area contributed by atoms with E-state index in [1.165, 1.54) is 12.8 Å². The summed E-state index contributed by atoms with van der Waals surface area (Å²) < 4.78 is 5.16. The molecule has 1 fully saturated rings. The fourth-order valence-electron chi connectivity index (χ4n) is 2.44. The molecule has 90 valence electrons. The minimum absolute atomic E-state index is 0.290. The molecule has 1 aromatic rings. The molecule has 0 aromatic carbocycles. The molecule has 0 amide bonds. The number of nitrogens with one attached hydrogen (secondary N) is 1. The van der Waals surface area contributed by atoms with Crippen LogP contribution in [-0.4, -0.2) is 35.2 Å². The van der Waals surface area contributed by atoms with Crippen LogP contribution in [-0.2, 0) is 6.54 Å².